The van der Waals surface area contributed by atoms with Crippen molar-refractivity contribution < 1.29 is 4.79 Å². The van der Waals surface area contributed by atoms with E-state index >= 15 is 0 Å². The van der Waals surface area contributed by atoms with Crippen LogP contribution in [0.2, 0.25) is 0 Å². The third-order valence-electron chi connectivity index (χ3n) is 3.61. The number of hydrogen-bond donors (Lipinski definition) is 0. The maximum Gasteiger partial charge on any atom is 0.134 e. The first kappa shape index (κ1) is 10.6. The average Bonchev–Trinajstić information content (AvgIpc) is 2.29. The second-order valence-electron chi connectivity index (χ2n) is 4.75. The van der Waals surface area contributed by atoms with E-state index in [0.717, 1.165) is 51.6 Å². The van der Waals surface area contributed by atoms with Crippen molar-refractivity contribution in [2.75, 3.05) is 13.1 Å². The highest BCUT2D eigenvalue weighted by Gasteiger charge is 2.29. The van der Waals surface area contributed by atoms with Crippen LogP contribution in [0.4, 0.5) is 0 Å². The monoisotopic (exact) mass is 206 g/mol. The molecular weight excluding hydrogens is 188 g/mol. The highest BCUT2D eigenvalue weighted by molar-refractivity contribution is 5.79. The van der Waals surface area contributed by atoms with Crippen LogP contribution in [0.15, 0.2) is 0 Å². The molecular formula is C12H18N2O. The highest BCUT2D eigenvalue weighted by Crippen LogP contribution is 2.25. The Morgan fingerprint density at radius 2 is 2.20 bits per heavy atom. The van der Waals surface area contributed by atoms with Crippen molar-refractivity contribution in [3.8, 4) is 6.07 Å². The van der Waals surface area contributed by atoms with Gasteiger partial charge in [-0.15, -0.1) is 0 Å². The highest BCUT2D eigenvalue weighted by atomic mass is 16.1. The van der Waals surface area contributed by atoms with Gasteiger partial charge < -0.3 is 0 Å². The van der Waals surface area contributed by atoms with Crippen LogP contribution < -0.4 is 0 Å². The van der Waals surface area contributed by atoms with Gasteiger partial charge in [0.2, 0.25) is 0 Å². The number of carbonyl (C=O) groups excluding carboxylic acids is 1. The molecule has 0 bridgehead atoms. The zero-order valence-electron chi connectivity index (χ0n) is 9.11. The molecule has 1 heterocycles. The van der Waals surface area contributed by atoms with Gasteiger partial charge >= 0.3 is 0 Å². The predicted molar refractivity (Wildman–Crippen MR) is 57.2 cm³/mol. The van der Waals surface area contributed by atoms with E-state index in [4.69, 9.17) is 5.26 Å². The van der Waals surface area contributed by atoms with Gasteiger partial charge in [-0.25, -0.2) is 0 Å². The van der Waals surface area contributed by atoms with E-state index in [9.17, 15) is 4.79 Å². The summed E-state index contributed by atoms with van der Waals surface area (Å²) in [5.41, 5.74) is 0. The standard InChI is InChI=1S/C12H18N2O/c13-8-10-3-2-6-14(9-10)11-4-1-5-12(15)7-11/h10-11H,1-7,9H2. The van der Waals surface area contributed by atoms with Crippen molar-refractivity contribution in [3.05, 3.63) is 0 Å². The van der Waals surface area contributed by atoms with Crippen molar-refractivity contribution in [2.24, 2.45) is 5.92 Å². The quantitative estimate of drug-likeness (QED) is 0.656. The average molecular weight is 206 g/mol. The first-order valence-corrected chi connectivity index (χ1v) is 5.95. The van der Waals surface area contributed by atoms with Gasteiger partial charge in [-0.3, -0.25) is 9.69 Å². The molecule has 1 aliphatic carbocycles. The van der Waals surface area contributed by atoms with Gasteiger partial charge in [0.1, 0.15) is 5.78 Å². The molecule has 0 aromatic rings. The summed E-state index contributed by atoms with van der Waals surface area (Å²) in [4.78, 5) is 13.7. The topological polar surface area (TPSA) is 44.1 Å². The lowest BCUT2D eigenvalue weighted by Gasteiger charge is -2.37. The molecule has 1 saturated heterocycles. The smallest absolute Gasteiger partial charge is 0.134 e. The Kier molecular flexibility index (Phi) is 3.37. The summed E-state index contributed by atoms with van der Waals surface area (Å²) in [5.74, 6) is 0.598. The summed E-state index contributed by atoms with van der Waals surface area (Å²) in [6.45, 7) is 1.96. The van der Waals surface area contributed by atoms with Gasteiger partial charge in [0.15, 0.2) is 0 Å². The lowest BCUT2D eigenvalue weighted by atomic mass is 9.90. The van der Waals surface area contributed by atoms with Crippen molar-refractivity contribution in [1.82, 2.24) is 4.90 Å². The van der Waals surface area contributed by atoms with Crippen molar-refractivity contribution >= 4 is 5.78 Å². The Hall–Kier alpha value is -0.880. The summed E-state index contributed by atoms with van der Waals surface area (Å²) in [6, 6.07) is 2.79. The fourth-order valence-electron chi connectivity index (χ4n) is 2.76. The van der Waals surface area contributed by atoms with Gasteiger partial charge in [0.05, 0.1) is 12.0 Å². The van der Waals surface area contributed by atoms with E-state index in [1.807, 2.05) is 0 Å². The van der Waals surface area contributed by atoms with Gasteiger partial charge in [0.25, 0.3) is 0 Å². The molecule has 15 heavy (non-hydrogen) atoms. The van der Waals surface area contributed by atoms with Crippen molar-refractivity contribution in [3.63, 3.8) is 0 Å². The molecule has 2 rings (SSSR count). The summed E-state index contributed by atoms with van der Waals surface area (Å²) >= 11 is 0. The zero-order valence-corrected chi connectivity index (χ0v) is 9.11. The Labute approximate surface area is 91.1 Å². The number of nitrogens with zero attached hydrogens (tertiary/aromatic N) is 2. The lowest BCUT2D eigenvalue weighted by molar-refractivity contribution is -0.122. The molecule has 1 aliphatic heterocycles. The van der Waals surface area contributed by atoms with Crippen LogP contribution in [-0.2, 0) is 4.79 Å². The molecule has 2 aliphatic rings. The zero-order chi connectivity index (χ0) is 10.7. The van der Waals surface area contributed by atoms with Gasteiger partial charge in [0, 0.05) is 25.4 Å². The van der Waals surface area contributed by atoms with Crippen LogP contribution in [-0.4, -0.2) is 29.8 Å². The van der Waals surface area contributed by atoms with Crippen LogP contribution in [0, 0.1) is 17.2 Å². The number of ketones is 1. The normalized spacial score (nSPS) is 33.7. The van der Waals surface area contributed by atoms with Gasteiger partial charge in [-0.05, 0) is 32.2 Å². The minimum Gasteiger partial charge on any atom is -0.300 e. The van der Waals surface area contributed by atoms with Crippen LogP contribution in [0.3, 0.4) is 0 Å². The fourth-order valence-corrected chi connectivity index (χ4v) is 2.76. The first-order valence-electron chi connectivity index (χ1n) is 5.95. The van der Waals surface area contributed by atoms with Crippen molar-refractivity contribution in [2.45, 2.75) is 44.6 Å². The molecule has 3 nitrogen and oxygen atoms in total. The Balaban J connectivity index is 1.92. The van der Waals surface area contributed by atoms with Crippen molar-refractivity contribution in [1.29, 1.82) is 5.26 Å². The number of piperidine rings is 1. The van der Waals surface area contributed by atoms with Gasteiger partial charge in [-0.1, -0.05) is 0 Å². The molecule has 0 radical (unpaired) electrons. The van der Waals surface area contributed by atoms with E-state index < -0.39 is 0 Å². The minimum atomic E-state index is 0.191. The molecule has 2 fully saturated rings. The van der Waals surface area contributed by atoms with Crippen LogP contribution in [0.1, 0.15) is 38.5 Å². The number of likely N-dealkylation sites (tertiary alicyclic amines) is 1. The largest absolute Gasteiger partial charge is 0.300 e. The van der Waals surface area contributed by atoms with E-state index in [0.29, 0.717) is 11.8 Å². The van der Waals surface area contributed by atoms with E-state index in [1.165, 1.54) is 0 Å². The van der Waals surface area contributed by atoms with E-state index in [2.05, 4.69) is 11.0 Å². The summed E-state index contributed by atoms with van der Waals surface area (Å²) in [6.07, 6.45) is 5.82. The second-order valence-corrected chi connectivity index (χ2v) is 4.75. The predicted octanol–water partition coefficient (Wildman–Crippen LogP) is 1.73. The first-order chi connectivity index (χ1) is 7.29. The maximum atomic E-state index is 11.4. The Morgan fingerprint density at radius 3 is 2.93 bits per heavy atom. The number of rotatable bonds is 1. The SMILES string of the molecule is N#CC1CCCN(C2CCCC(=O)C2)C1. The molecule has 0 N–H and O–H groups in total. The lowest BCUT2D eigenvalue weighted by Crippen LogP contribution is -2.44. The summed E-state index contributed by atoms with van der Waals surface area (Å²) in [7, 11) is 0. The molecule has 0 aromatic carbocycles. The molecule has 1 saturated carbocycles. The number of hydrogen-bond acceptors (Lipinski definition) is 3. The second kappa shape index (κ2) is 4.76. The third kappa shape index (κ3) is 2.57. The number of carbonyl (C=O) groups is 1. The molecule has 3 heteroatoms. The molecule has 0 spiro atoms. The molecule has 2 atom stereocenters. The van der Waals surface area contributed by atoms with E-state index in [1.54, 1.807) is 0 Å². The fraction of sp³-hybridized carbons (Fsp3) is 0.833. The van der Waals surface area contributed by atoms with Crippen LogP contribution in [0.5, 0.6) is 0 Å². The van der Waals surface area contributed by atoms with Gasteiger partial charge in [-0.2, -0.15) is 5.26 Å². The molecule has 2 unspecified atom stereocenters. The third-order valence-corrected chi connectivity index (χ3v) is 3.61. The maximum absolute atomic E-state index is 11.4. The Bertz CT molecular complexity index is 282. The molecule has 0 aromatic heterocycles. The van der Waals surface area contributed by atoms with Crippen LogP contribution >= 0.6 is 0 Å². The summed E-state index contributed by atoms with van der Waals surface area (Å²) < 4.78 is 0. The van der Waals surface area contributed by atoms with Crippen LogP contribution in [0.25, 0.3) is 0 Å². The number of Topliss-reactive ketones (excluding diaryl/α,β-unsaturated/α-hetero) is 1. The summed E-state index contributed by atoms with van der Waals surface area (Å²) in [5, 5.41) is 8.92. The molecule has 82 valence electrons. The molecule has 0 amide bonds. The minimum absolute atomic E-state index is 0.191. The number of nitriles is 1. The Morgan fingerprint density at radius 1 is 1.33 bits per heavy atom. The van der Waals surface area contributed by atoms with E-state index in [-0.39, 0.29) is 5.92 Å².